The molecule has 8 nitrogen and oxygen atoms in total. The highest BCUT2D eigenvalue weighted by Gasteiger charge is 2.24. The second kappa shape index (κ2) is 7.73. The van der Waals surface area contributed by atoms with E-state index < -0.39 is 4.92 Å². The number of non-ortho nitro benzene ring substituents is 1. The maximum Gasteiger partial charge on any atom is 0.270 e. The lowest BCUT2D eigenvalue weighted by molar-refractivity contribution is -0.384. The highest BCUT2D eigenvalue weighted by atomic mass is 32.1. The quantitative estimate of drug-likeness (QED) is 0.498. The number of anilines is 1. The molecule has 9 heteroatoms. The van der Waals surface area contributed by atoms with Crippen LogP contribution >= 0.6 is 11.3 Å². The summed E-state index contributed by atoms with van der Waals surface area (Å²) in [6.07, 6.45) is 0. The molecule has 1 aromatic carbocycles. The second-order valence-electron chi connectivity index (χ2n) is 6.34. The maximum atomic E-state index is 12.7. The molecule has 0 radical (unpaired) electrons. The highest BCUT2D eigenvalue weighted by Crippen LogP contribution is 2.24. The van der Waals surface area contributed by atoms with Crippen LogP contribution in [-0.4, -0.2) is 52.1 Å². The van der Waals surface area contributed by atoms with Crippen LogP contribution in [0.15, 0.2) is 53.9 Å². The van der Waals surface area contributed by atoms with Gasteiger partial charge in [0.25, 0.3) is 11.6 Å². The van der Waals surface area contributed by atoms with Crippen LogP contribution in [-0.2, 0) is 0 Å². The van der Waals surface area contributed by atoms with Gasteiger partial charge in [0, 0.05) is 43.9 Å². The van der Waals surface area contributed by atoms with Crippen molar-refractivity contribution < 1.29 is 9.72 Å². The summed E-state index contributed by atoms with van der Waals surface area (Å²) in [5.41, 5.74) is 1.10. The Balaban J connectivity index is 1.40. The minimum absolute atomic E-state index is 0.0782. The van der Waals surface area contributed by atoms with E-state index in [1.807, 2.05) is 29.6 Å². The number of amides is 1. The number of nitro groups is 1. The number of carbonyl (C=O) groups is 1. The Labute approximate surface area is 165 Å². The van der Waals surface area contributed by atoms with E-state index in [1.165, 1.54) is 18.2 Å². The Kier molecular flexibility index (Phi) is 4.98. The molecule has 1 amide bonds. The summed E-state index contributed by atoms with van der Waals surface area (Å²) < 4.78 is 0. The molecule has 142 valence electrons. The molecule has 3 heterocycles. The zero-order chi connectivity index (χ0) is 19.5. The van der Waals surface area contributed by atoms with Gasteiger partial charge in [-0.15, -0.1) is 21.5 Å². The highest BCUT2D eigenvalue weighted by molar-refractivity contribution is 7.13. The molecule has 0 atom stereocenters. The third-order valence-corrected chi connectivity index (χ3v) is 5.51. The normalized spacial score (nSPS) is 14.1. The van der Waals surface area contributed by atoms with Crippen LogP contribution in [0.3, 0.4) is 0 Å². The van der Waals surface area contributed by atoms with Gasteiger partial charge in [0.1, 0.15) is 5.69 Å². The second-order valence-corrected chi connectivity index (χ2v) is 7.29. The van der Waals surface area contributed by atoms with Gasteiger partial charge in [-0.25, -0.2) is 0 Å². The Morgan fingerprint density at radius 2 is 1.86 bits per heavy atom. The smallest absolute Gasteiger partial charge is 0.270 e. The third kappa shape index (κ3) is 3.70. The number of hydrogen-bond donors (Lipinski definition) is 0. The van der Waals surface area contributed by atoms with Crippen molar-refractivity contribution in [1.82, 2.24) is 15.1 Å². The summed E-state index contributed by atoms with van der Waals surface area (Å²) in [6, 6.07) is 13.7. The number of aromatic nitrogens is 2. The molecular formula is C19H17N5O3S. The molecule has 0 bridgehead atoms. The number of hydrogen-bond acceptors (Lipinski definition) is 7. The zero-order valence-electron chi connectivity index (χ0n) is 14.9. The molecular weight excluding hydrogens is 378 g/mol. The van der Waals surface area contributed by atoms with Crippen molar-refractivity contribution in [3.8, 4) is 10.6 Å². The first-order valence-electron chi connectivity index (χ1n) is 8.78. The number of rotatable bonds is 4. The number of benzene rings is 1. The average molecular weight is 395 g/mol. The van der Waals surface area contributed by atoms with Gasteiger partial charge in [0.2, 0.25) is 0 Å². The van der Waals surface area contributed by atoms with Gasteiger partial charge in [-0.2, -0.15) is 0 Å². The fraction of sp³-hybridized carbons (Fsp3) is 0.211. The molecule has 1 fully saturated rings. The molecule has 0 unspecified atom stereocenters. The number of nitrogens with zero attached hydrogens (tertiary/aromatic N) is 5. The van der Waals surface area contributed by atoms with E-state index in [0.29, 0.717) is 31.7 Å². The van der Waals surface area contributed by atoms with Gasteiger partial charge in [0.15, 0.2) is 5.82 Å². The number of nitro benzene ring substituents is 1. The van der Waals surface area contributed by atoms with Crippen molar-refractivity contribution in [2.75, 3.05) is 31.1 Å². The van der Waals surface area contributed by atoms with Crippen LogP contribution < -0.4 is 4.90 Å². The van der Waals surface area contributed by atoms with Crippen LogP contribution in [0, 0.1) is 10.1 Å². The van der Waals surface area contributed by atoms with E-state index in [1.54, 1.807) is 22.3 Å². The van der Waals surface area contributed by atoms with Gasteiger partial charge < -0.3 is 9.80 Å². The third-order valence-electron chi connectivity index (χ3n) is 4.62. The Bertz CT molecular complexity index is 983. The lowest BCUT2D eigenvalue weighted by atomic mass is 10.1. The molecule has 2 aromatic heterocycles. The van der Waals surface area contributed by atoms with E-state index in [0.717, 1.165) is 16.4 Å². The van der Waals surface area contributed by atoms with Gasteiger partial charge in [-0.05, 0) is 29.6 Å². The summed E-state index contributed by atoms with van der Waals surface area (Å²) in [6.45, 7) is 2.31. The predicted octanol–water partition coefficient (Wildman–Crippen LogP) is 3.08. The molecule has 0 spiro atoms. The van der Waals surface area contributed by atoms with E-state index in [2.05, 4.69) is 15.1 Å². The SMILES string of the molecule is O=C(c1cccc([N+](=O)[O-])c1)N1CCN(c2ccc(-c3cccs3)nn2)CC1. The fourth-order valence-electron chi connectivity index (χ4n) is 3.12. The first kappa shape index (κ1) is 18.1. The Hall–Kier alpha value is -3.33. The minimum atomic E-state index is -0.493. The van der Waals surface area contributed by atoms with Crippen LogP contribution in [0.2, 0.25) is 0 Å². The molecule has 3 aromatic rings. The topological polar surface area (TPSA) is 92.5 Å². The Morgan fingerprint density at radius 1 is 1.04 bits per heavy atom. The standard InChI is InChI=1S/C19H17N5O3S/c25-19(14-3-1-4-15(13-14)24(26)27)23-10-8-22(9-11-23)18-7-6-16(20-21-18)17-5-2-12-28-17/h1-7,12-13H,8-11H2. The molecule has 0 saturated carbocycles. The van der Waals surface area contributed by atoms with Crippen molar-refractivity contribution in [3.63, 3.8) is 0 Å². The molecule has 0 N–H and O–H groups in total. The molecule has 4 rings (SSSR count). The van der Waals surface area contributed by atoms with Gasteiger partial charge >= 0.3 is 0 Å². The van der Waals surface area contributed by atoms with Crippen molar-refractivity contribution in [2.45, 2.75) is 0 Å². The molecule has 1 aliphatic heterocycles. The number of thiophene rings is 1. The van der Waals surface area contributed by atoms with Crippen LogP contribution in [0.1, 0.15) is 10.4 Å². The van der Waals surface area contributed by atoms with E-state index in [4.69, 9.17) is 0 Å². The van der Waals surface area contributed by atoms with Gasteiger partial charge in [0.05, 0.1) is 9.80 Å². The summed E-state index contributed by atoms with van der Waals surface area (Å²) in [7, 11) is 0. The van der Waals surface area contributed by atoms with Crippen molar-refractivity contribution in [2.24, 2.45) is 0 Å². The Morgan fingerprint density at radius 3 is 2.50 bits per heavy atom. The van der Waals surface area contributed by atoms with Crippen molar-refractivity contribution in [1.29, 1.82) is 0 Å². The monoisotopic (exact) mass is 395 g/mol. The number of piperazine rings is 1. The maximum absolute atomic E-state index is 12.7. The summed E-state index contributed by atoms with van der Waals surface area (Å²) in [4.78, 5) is 27.9. The van der Waals surface area contributed by atoms with Crippen LogP contribution in [0.5, 0.6) is 0 Å². The largest absolute Gasteiger partial charge is 0.352 e. The molecule has 1 saturated heterocycles. The van der Waals surface area contributed by atoms with Crippen molar-refractivity contribution >= 4 is 28.7 Å². The molecule has 1 aliphatic rings. The summed E-state index contributed by atoms with van der Waals surface area (Å²) >= 11 is 1.62. The van der Waals surface area contributed by atoms with Gasteiger partial charge in [-0.1, -0.05) is 12.1 Å². The minimum Gasteiger partial charge on any atom is -0.352 e. The lowest BCUT2D eigenvalue weighted by Gasteiger charge is -2.35. The van der Waals surface area contributed by atoms with Crippen LogP contribution in [0.4, 0.5) is 11.5 Å². The number of carbonyl (C=O) groups excluding carboxylic acids is 1. The average Bonchev–Trinajstić information content (AvgIpc) is 3.28. The van der Waals surface area contributed by atoms with Crippen molar-refractivity contribution in [3.05, 3.63) is 69.6 Å². The van der Waals surface area contributed by atoms with E-state index >= 15 is 0 Å². The summed E-state index contributed by atoms with van der Waals surface area (Å²) in [5.74, 6) is 0.588. The molecule has 0 aliphatic carbocycles. The molecule has 28 heavy (non-hydrogen) atoms. The first-order chi connectivity index (χ1) is 13.6. The predicted molar refractivity (Wildman–Crippen MR) is 107 cm³/mol. The van der Waals surface area contributed by atoms with E-state index in [-0.39, 0.29) is 11.6 Å². The van der Waals surface area contributed by atoms with Crippen LogP contribution in [0.25, 0.3) is 10.6 Å². The summed E-state index contributed by atoms with van der Waals surface area (Å²) in [5, 5.41) is 21.5. The first-order valence-corrected chi connectivity index (χ1v) is 9.66. The fourth-order valence-corrected chi connectivity index (χ4v) is 3.81. The lowest BCUT2D eigenvalue weighted by Crippen LogP contribution is -2.49. The zero-order valence-corrected chi connectivity index (χ0v) is 15.7. The van der Waals surface area contributed by atoms with Gasteiger partial charge in [-0.3, -0.25) is 14.9 Å². The van der Waals surface area contributed by atoms with E-state index in [9.17, 15) is 14.9 Å².